The highest BCUT2D eigenvalue weighted by Crippen LogP contribution is 2.56. The molecule has 6 heteroatoms. The standard InChI is InChI=1S/C65H60N6/c1-42(2)45-22-28-48(29-23-45)69(60-19-11-14-36-66-60)51-34-35-53-55(39-51)64(71(62-21-13-16-38-68-62)50-32-26-47(27-33-50)44(5)6)56-40-54-52-17-9-10-18-58(52)65(7,8)59(54)41-57(56)63(53)70(61-20-12-15-37-67-61)49-30-24-46(25-31-49)43(3)4/h9-44H,1-8H3. The maximum atomic E-state index is 5.17. The van der Waals surface area contributed by atoms with Crippen LogP contribution < -0.4 is 14.7 Å². The molecule has 1 aliphatic rings. The molecular formula is C65H60N6. The molecule has 1 aliphatic carbocycles. The minimum absolute atomic E-state index is 0.257. The van der Waals surface area contributed by atoms with E-state index >= 15 is 0 Å². The molecule has 0 radical (unpaired) electrons. The van der Waals surface area contributed by atoms with Crippen LogP contribution >= 0.6 is 0 Å². The van der Waals surface area contributed by atoms with Gasteiger partial charge in [-0.15, -0.1) is 0 Å². The van der Waals surface area contributed by atoms with E-state index in [4.69, 9.17) is 15.0 Å². The predicted molar refractivity (Wildman–Crippen MR) is 299 cm³/mol. The second-order valence-corrected chi connectivity index (χ2v) is 20.3. The van der Waals surface area contributed by atoms with Gasteiger partial charge in [-0.05, 0) is 154 Å². The highest BCUT2D eigenvalue weighted by Gasteiger charge is 2.37. The second kappa shape index (κ2) is 18.3. The Morgan fingerprint density at radius 1 is 0.338 bits per heavy atom. The first-order valence-electron chi connectivity index (χ1n) is 25.1. The van der Waals surface area contributed by atoms with Gasteiger partial charge in [0.1, 0.15) is 17.5 Å². The number of pyridine rings is 3. The molecule has 0 saturated carbocycles. The Balaban J connectivity index is 1.33. The summed E-state index contributed by atoms with van der Waals surface area (Å²) in [5.74, 6) is 3.64. The van der Waals surface area contributed by atoms with Crippen molar-refractivity contribution in [1.29, 1.82) is 0 Å². The molecule has 0 unspecified atom stereocenters. The van der Waals surface area contributed by atoms with Crippen LogP contribution in [0.4, 0.5) is 51.6 Å². The molecule has 71 heavy (non-hydrogen) atoms. The van der Waals surface area contributed by atoms with E-state index in [1.807, 2.05) is 36.8 Å². The average molecular weight is 925 g/mol. The first-order valence-corrected chi connectivity index (χ1v) is 25.1. The zero-order valence-corrected chi connectivity index (χ0v) is 42.0. The number of hydrogen-bond donors (Lipinski definition) is 0. The van der Waals surface area contributed by atoms with Gasteiger partial charge in [0.2, 0.25) is 0 Å². The SMILES string of the molecule is CC(C)c1ccc(N(c2ccc3c(N(c4ccc(C(C)C)cc4)c4ccccn4)c4cc5c(cc4c(N(c4ccc(C(C)C)cc4)c4ccccn4)c3c2)-c2ccccc2C5(C)C)c2ccccn2)cc1. The van der Waals surface area contributed by atoms with E-state index in [9.17, 15) is 0 Å². The van der Waals surface area contributed by atoms with Crippen molar-refractivity contribution in [3.8, 4) is 11.1 Å². The first-order chi connectivity index (χ1) is 34.5. The highest BCUT2D eigenvalue weighted by atomic mass is 15.2. The Morgan fingerprint density at radius 3 is 1.20 bits per heavy atom. The van der Waals surface area contributed by atoms with E-state index in [0.29, 0.717) is 17.8 Å². The summed E-state index contributed by atoms with van der Waals surface area (Å²) in [5.41, 5.74) is 14.9. The maximum absolute atomic E-state index is 5.17. The van der Waals surface area contributed by atoms with Gasteiger partial charge in [-0.3, -0.25) is 14.7 Å². The number of aromatic nitrogens is 3. The highest BCUT2D eigenvalue weighted by molar-refractivity contribution is 6.24. The lowest BCUT2D eigenvalue weighted by Gasteiger charge is -2.33. The summed E-state index contributed by atoms with van der Waals surface area (Å²) in [4.78, 5) is 22.4. The van der Waals surface area contributed by atoms with Crippen LogP contribution in [0.3, 0.4) is 0 Å². The van der Waals surface area contributed by atoms with Gasteiger partial charge in [0.25, 0.3) is 0 Å². The van der Waals surface area contributed by atoms with Crippen molar-refractivity contribution >= 4 is 73.1 Å². The summed E-state index contributed by atoms with van der Waals surface area (Å²) >= 11 is 0. The number of nitrogens with zero attached hydrogens (tertiary/aromatic N) is 6. The van der Waals surface area contributed by atoms with Gasteiger partial charge in [0.15, 0.2) is 0 Å². The third-order valence-electron chi connectivity index (χ3n) is 14.5. The Hall–Kier alpha value is -8.09. The molecule has 3 heterocycles. The molecule has 0 N–H and O–H groups in total. The second-order valence-electron chi connectivity index (χ2n) is 20.3. The van der Waals surface area contributed by atoms with Crippen LogP contribution in [-0.4, -0.2) is 15.0 Å². The molecule has 0 spiro atoms. The molecule has 6 nitrogen and oxygen atoms in total. The maximum Gasteiger partial charge on any atom is 0.137 e. The Bertz CT molecular complexity index is 3510. The lowest BCUT2D eigenvalue weighted by molar-refractivity contribution is 0.661. The topological polar surface area (TPSA) is 48.4 Å². The number of rotatable bonds is 12. The monoisotopic (exact) mass is 924 g/mol. The Morgan fingerprint density at radius 2 is 0.732 bits per heavy atom. The fourth-order valence-corrected chi connectivity index (χ4v) is 10.6. The van der Waals surface area contributed by atoms with Crippen LogP contribution in [0.2, 0.25) is 0 Å². The largest absolute Gasteiger partial charge is 0.295 e. The van der Waals surface area contributed by atoms with Gasteiger partial charge in [0.05, 0.1) is 11.4 Å². The van der Waals surface area contributed by atoms with Crippen LogP contribution in [0.1, 0.15) is 101 Å². The van der Waals surface area contributed by atoms with E-state index in [1.165, 1.54) is 38.9 Å². The molecule has 0 bridgehead atoms. The van der Waals surface area contributed by atoms with Gasteiger partial charge in [-0.25, -0.2) is 15.0 Å². The molecule has 3 aromatic heterocycles. The summed E-state index contributed by atoms with van der Waals surface area (Å²) in [6.45, 7) is 18.2. The first kappa shape index (κ1) is 45.4. The van der Waals surface area contributed by atoms with Crippen molar-refractivity contribution in [2.75, 3.05) is 14.7 Å². The van der Waals surface area contributed by atoms with Crippen molar-refractivity contribution in [2.24, 2.45) is 0 Å². The lowest BCUT2D eigenvalue weighted by atomic mass is 9.81. The smallest absolute Gasteiger partial charge is 0.137 e. The fraction of sp³-hybridized carbons (Fsp3) is 0.185. The fourth-order valence-electron chi connectivity index (χ4n) is 10.6. The van der Waals surface area contributed by atoms with Crippen molar-refractivity contribution in [1.82, 2.24) is 15.0 Å². The molecule has 10 aromatic rings. The van der Waals surface area contributed by atoms with Crippen LogP contribution in [0, 0.1) is 0 Å². The summed E-state index contributed by atoms with van der Waals surface area (Å²) in [7, 11) is 0. The number of fused-ring (bicyclic) bond motifs is 5. The number of hydrogen-bond acceptors (Lipinski definition) is 6. The summed E-state index contributed by atoms with van der Waals surface area (Å²) in [5, 5.41) is 4.33. The molecule has 0 atom stereocenters. The van der Waals surface area contributed by atoms with E-state index < -0.39 is 0 Å². The normalized spacial score (nSPS) is 12.7. The van der Waals surface area contributed by atoms with E-state index in [1.54, 1.807) is 0 Å². The molecule has 0 aliphatic heterocycles. The van der Waals surface area contributed by atoms with Gasteiger partial charge in [-0.1, -0.05) is 140 Å². The van der Waals surface area contributed by atoms with Crippen molar-refractivity contribution in [3.05, 3.63) is 228 Å². The van der Waals surface area contributed by atoms with Gasteiger partial charge in [0, 0.05) is 68.3 Å². The number of anilines is 9. The summed E-state index contributed by atoms with van der Waals surface area (Å²) in [6, 6.07) is 66.5. The molecule has 7 aromatic carbocycles. The summed E-state index contributed by atoms with van der Waals surface area (Å²) in [6.07, 6.45) is 5.68. The van der Waals surface area contributed by atoms with Crippen LogP contribution in [0.25, 0.3) is 32.7 Å². The predicted octanol–water partition coefficient (Wildman–Crippen LogP) is 18.3. The minimum Gasteiger partial charge on any atom is -0.295 e. The third-order valence-corrected chi connectivity index (χ3v) is 14.5. The molecule has 0 fully saturated rings. The zero-order chi connectivity index (χ0) is 49.0. The van der Waals surface area contributed by atoms with Gasteiger partial charge in [-0.2, -0.15) is 0 Å². The van der Waals surface area contributed by atoms with Crippen molar-refractivity contribution < 1.29 is 0 Å². The average Bonchev–Trinajstić information content (AvgIpc) is 3.62. The van der Waals surface area contributed by atoms with Gasteiger partial charge >= 0.3 is 0 Å². The third kappa shape index (κ3) is 8.07. The van der Waals surface area contributed by atoms with E-state index in [2.05, 4.69) is 234 Å². The molecule has 11 rings (SSSR count). The molecular weight excluding hydrogens is 865 g/mol. The minimum atomic E-state index is -0.257. The molecule has 350 valence electrons. The Labute approximate surface area is 419 Å². The molecule has 0 saturated heterocycles. The van der Waals surface area contributed by atoms with Crippen molar-refractivity contribution in [3.63, 3.8) is 0 Å². The molecule has 0 amide bonds. The quantitative estimate of drug-likeness (QED) is 0.0899. The zero-order valence-electron chi connectivity index (χ0n) is 42.0. The van der Waals surface area contributed by atoms with E-state index in [-0.39, 0.29) is 5.41 Å². The van der Waals surface area contributed by atoms with Crippen LogP contribution in [-0.2, 0) is 5.41 Å². The van der Waals surface area contributed by atoms with Crippen LogP contribution in [0.5, 0.6) is 0 Å². The van der Waals surface area contributed by atoms with Crippen LogP contribution in [0.15, 0.2) is 201 Å². The van der Waals surface area contributed by atoms with Crippen molar-refractivity contribution in [2.45, 2.75) is 78.6 Å². The number of benzene rings is 7. The lowest BCUT2D eigenvalue weighted by Crippen LogP contribution is -2.18. The van der Waals surface area contributed by atoms with Gasteiger partial charge < -0.3 is 0 Å². The Kier molecular flexibility index (Phi) is 11.7. The van der Waals surface area contributed by atoms with E-state index in [0.717, 1.165) is 73.1 Å². The summed E-state index contributed by atoms with van der Waals surface area (Å²) < 4.78 is 0.